The number of benzene rings is 1. The summed E-state index contributed by atoms with van der Waals surface area (Å²) in [5.74, 6) is 0.0569. The van der Waals surface area contributed by atoms with Crippen molar-refractivity contribution < 1.29 is 14.3 Å². The maximum absolute atomic E-state index is 13.1. The number of likely N-dealkylation sites (tertiary alicyclic amines) is 1. The molecule has 28 heavy (non-hydrogen) atoms. The van der Waals surface area contributed by atoms with E-state index in [9.17, 15) is 9.59 Å². The summed E-state index contributed by atoms with van der Waals surface area (Å²) in [6, 6.07) is 9.67. The van der Waals surface area contributed by atoms with E-state index in [4.69, 9.17) is 4.74 Å². The van der Waals surface area contributed by atoms with Crippen LogP contribution in [0.5, 0.6) is 0 Å². The Hall–Kier alpha value is -2.67. The highest BCUT2D eigenvalue weighted by molar-refractivity contribution is 5.94. The zero-order valence-corrected chi connectivity index (χ0v) is 16.6. The molecule has 2 aromatic rings. The Balaban J connectivity index is 1.50. The predicted octanol–water partition coefficient (Wildman–Crippen LogP) is 1.62. The first-order valence-corrected chi connectivity index (χ1v) is 9.69. The normalized spacial score (nSPS) is 22.3. The molecule has 3 heterocycles. The van der Waals surface area contributed by atoms with E-state index in [1.807, 2.05) is 48.9 Å². The lowest BCUT2D eigenvalue weighted by atomic mass is 10.1. The first-order valence-electron chi connectivity index (χ1n) is 9.69. The topological polar surface area (TPSA) is 67.7 Å². The number of fused-ring (bicyclic) bond motifs is 1. The molecule has 0 saturated carbocycles. The minimum Gasteiger partial charge on any atom is -0.374 e. The average Bonchev–Trinajstić information content (AvgIpc) is 3.20. The summed E-state index contributed by atoms with van der Waals surface area (Å²) in [6.07, 6.45) is 0.296. The van der Waals surface area contributed by atoms with Crippen molar-refractivity contribution in [3.63, 3.8) is 0 Å². The number of hydrogen-bond acceptors (Lipinski definition) is 4. The van der Waals surface area contributed by atoms with Crippen molar-refractivity contribution in [2.75, 3.05) is 26.7 Å². The van der Waals surface area contributed by atoms with Gasteiger partial charge in [0, 0.05) is 31.4 Å². The molecule has 0 spiro atoms. The Kier molecular flexibility index (Phi) is 4.93. The van der Waals surface area contributed by atoms with E-state index in [0.29, 0.717) is 38.2 Å². The van der Waals surface area contributed by atoms with Gasteiger partial charge in [-0.1, -0.05) is 12.1 Å². The molecule has 7 nitrogen and oxygen atoms in total. The smallest absolute Gasteiger partial charge is 0.254 e. The number of carbonyl (C=O) groups excluding carboxylic acids is 2. The molecule has 0 bridgehead atoms. The van der Waals surface area contributed by atoms with Crippen LogP contribution in [0.15, 0.2) is 30.3 Å². The summed E-state index contributed by atoms with van der Waals surface area (Å²) in [6.45, 7) is 6.08. The van der Waals surface area contributed by atoms with E-state index >= 15 is 0 Å². The monoisotopic (exact) mass is 382 g/mol. The quantitative estimate of drug-likeness (QED) is 0.809. The van der Waals surface area contributed by atoms with Crippen molar-refractivity contribution in [2.45, 2.75) is 39.0 Å². The van der Waals surface area contributed by atoms with Crippen molar-refractivity contribution in [2.24, 2.45) is 0 Å². The second-order valence-electron chi connectivity index (χ2n) is 7.73. The van der Waals surface area contributed by atoms with E-state index in [-0.39, 0.29) is 24.0 Å². The lowest BCUT2D eigenvalue weighted by Gasteiger charge is -2.25. The van der Waals surface area contributed by atoms with E-state index in [1.165, 1.54) is 0 Å². The molecule has 2 aliphatic heterocycles. The molecule has 2 aliphatic rings. The number of amides is 2. The third-order valence-electron chi connectivity index (χ3n) is 5.67. The second kappa shape index (κ2) is 7.39. The molecule has 1 aromatic heterocycles. The van der Waals surface area contributed by atoms with E-state index < -0.39 is 0 Å². The fourth-order valence-electron chi connectivity index (χ4n) is 4.11. The van der Waals surface area contributed by atoms with Gasteiger partial charge in [0.15, 0.2) is 0 Å². The standard InChI is InChI=1S/C21H26N4O3/c1-14-9-15(2)25(22-14)11-16-5-4-6-17(10-16)21(27)24-12-18-19(13-24)28-8-7-20(26)23(18)3/h4-6,9-10,18-19H,7-8,11-13H2,1-3H3/t18-,19-/m0/s1. The van der Waals surface area contributed by atoms with Gasteiger partial charge >= 0.3 is 0 Å². The van der Waals surface area contributed by atoms with Crippen molar-refractivity contribution in [1.82, 2.24) is 19.6 Å². The number of hydrogen-bond donors (Lipinski definition) is 0. The maximum Gasteiger partial charge on any atom is 0.254 e. The van der Waals surface area contributed by atoms with Gasteiger partial charge in [-0.2, -0.15) is 5.10 Å². The van der Waals surface area contributed by atoms with Crippen LogP contribution >= 0.6 is 0 Å². The van der Waals surface area contributed by atoms with Gasteiger partial charge in [-0.3, -0.25) is 14.3 Å². The lowest BCUT2D eigenvalue weighted by Crippen LogP contribution is -2.43. The van der Waals surface area contributed by atoms with Crippen LogP contribution in [0.1, 0.15) is 33.7 Å². The molecule has 0 aliphatic carbocycles. The number of carbonyl (C=O) groups is 2. The molecule has 0 radical (unpaired) electrons. The van der Waals surface area contributed by atoms with Gasteiger partial charge in [-0.25, -0.2) is 0 Å². The van der Waals surface area contributed by atoms with Gasteiger partial charge in [0.2, 0.25) is 5.91 Å². The minimum atomic E-state index is -0.113. The minimum absolute atomic E-state index is 0.0206. The molecule has 2 fully saturated rings. The summed E-state index contributed by atoms with van der Waals surface area (Å²) in [5, 5.41) is 4.50. The molecule has 7 heteroatoms. The van der Waals surface area contributed by atoms with Gasteiger partial charge in [0.05, 0.1) is 37.4 Å². The molecule has 148 valence electrons. The van der Waals surface area contributed by atoms with Crippen LogP contribution in [-0.2, 0) is 16.1 Å². The van der Waals surface area contributed by atoms with Crippen LogP contribution in [-0.4, -0.2) is 70.3 Å². The predicted molar refractivity (Wildman–Crippen MR) is 104 cm³/mol. The third kappa shape index (κ3) is 3.54. The number of ether oxygens (including phenoxy) is 1. The fraction of sp³-hybridized carbons (Fsp3) is 0.476. The Labute approximate surface area is 164 Å². The highest BCUT2D eigenvalue weighted by atomic mass is 16.5. The van der Waals surface area contributed by atoms with Crippen LogP contribution in [0.4, 0.5) is 0 Å². The first kappa shape index (κ1) is 18.7. The number of nitrogens with zero attached hydrogens (tertiary/aromatic N) is 4. The molecule has 2 atom stereocenters. The summed E-state index contributed by atoms with van der Waals surface area (Å²) in [4.78, 5) is 28.7. The molecule has 0 N–H and O–H groups in total. The van der Waals surface area contributed by atoms with Crippen molar-refractivity contribution >= 4 is 11.8 Å². The van der Waals surface area contributed by atoms with E-state index in [1.54, 1.807) is 16.8 Å². The number of aryl methyl sites for hydroxylation is 2. The van der Waals surface area contributed by atoms with Gasteiger partial charge in [0.1, 0.15) is 0 Å². The fourth-order valence-corrected chi connectivity index (χ4v) is 4.11. The zero-order chi connectivity index (χ0) is 19.8. The highest BCUT2D eigenvalue weighted by Crippen LogP contribution is 2.24. The van der Waals surface area contributed by atoms with Crippen molar-refractivity contribution in [1.29, 1.82) is 0 Å². The first-order chi connectivity index (χ1) is 13.4. The summed E-state index contributed by atoms with van der Waals surface area (Å²) in [7, 11) is 1.80. The largest absolute Gasteiger partial charge is 0.374 e. The Morgan fingerprint density at radius 3 is 2.82 bits per heavy atom. The molecule has 0 unspecified atom stereocenters. The molecule has 2 saturated heterocycles. The highest BCUT2D eigenvalue weighted by Gasteiger charge is 2.41. The van der Waals surface area contributed by atoms with Crippen LogP contribution < -0.4 is 0 Å². The van der Waals surface area contributed by atoms with Gasteiger partial charge in [-0.15, -0.1) is 0 Å². The maximum atomic E-state index is 13.1. The zero-order valence-electron chi connectivity index (χ0n) is 16.6. The Bertz CT molecular complexity index is 907. The number of rotatable bonds is 3. The summed E-state index contributed by atoms with van der Waals surface area (Å²) < 4.78 is 7.78. The van der Waals surface area contributed by atoms with E-state index in [2.05, 4.69) is 5.10 Å². The molecular weight excluding hydrogens is 356 g/mol. The molecule has 4 rings (SSSR count). The van der Waals surface area contributed by atoms with Crippen molar-refractivity contribution in [3.8, 4) is 0 Å². The average molecular weight is 382 g/mol. The SMILES string of the molecule is Cc1cc(C)n(Cc2cccc(C(=O)N3C[C@@H]4OCCC(=O)N(C)[C@H]4C3)c2)n1. The molecule has 1 aromatic carbocycles. The van der Waals surface area contributed by atoms with Crippen molar-refractivity contribution in [3.05, 3.63) is 52.8 Å². The summed E-state index contributed by atoms with van der Waals surface area (Å²) >= 11 is 0. The van der Waals surface area contributed by atoms with Crippen LogP contribution in [0.3, 0.4) is 0 Å². The van der Waals surface area contributed by atoms with Crippen LogP contribution in [0.25, 0.3) is 0 Å². The van der Waals surface area contributed by atoms with Crippen LogP contribution in [0.2, 0.25) is 0 Å². The lowest BCUT2D eigenvalue weighted by molar-refractivity contribution is -0.131. The van der Waals surface area contributed by atoms with E-state index in [0.717, 1.165) is 17.0 Å². The number of likely N-dealkylation sites (N-methyl/N-ethyl adjacent to an activating group) is 1. The van der Waals surface area contributed by atoms with Gasteiger partial charge < -0.3 is 14.5 Å². The third-order valence-corrected chi connectivity index (χ3v) is 5.67. The van der Waals surface area contributed by atoms with Crippen LogP contribution in [0, 0.1) is 13.8 Å². The van der Waals surface area contributed by atoms with Gasteiger partial charge in [0.25, 0.3) is 5.91 Å². The summed E-state index contributed by atoms with van der Waals surface area (Å²) in [5.41, 5.74) is 3.77. The Morgan fingerprint density at radius 1 is 1.25 bits per heavy atom. The molecule has 2 amide bonds. The molecular formula is C21H26N4O3. The second-order valence-corrected chi connectivity index (χ2v) is 7.73. The van der Waals surface area contributed by atoms with Gasteiger partial charge in [-0.05, 0) is 37.6 Å². The number of aromatic nitrogens is 2. The Morgan fingerprint density at radius 2 is 2.07 bits per heavy atom.